The zero-order valence-corrected chi connectivity index (χ0v) is 11.5. The third kappa shape index (κ3) is 3.19. The Bertz CT molecular complexity index is 449. The maximum Gasteiger partial charge on any atom is 0.244 e. The fourth-order valence-corrected chi connectivity index (χ4v) is 2.45. The molecule has 2 nitrogen and oxygen atoms in total. The van der Waals surface area contributed by atoms with Crippen molar-refractivity contribution in [3.05, 3.63) is 40.4 Å². The van der Waals surface area contributed by atoms with Crippen LogP contribution in [0, 0.1) is 0 Å². The summed E-state index contributed by atoms with van der Waals surface area (Å²) in [6, 6.07) is 8.32. The van der Waals surface area contributed by atoms with Crippen molar-refractivity contribution in [1.29, 1.82) is 0 Å². The van der Waals surface area contributed by atoms with Crippen LogP contribution in [0.25, 0.3) is 5.57 Å². The minimum atomic E-state index is 0.0166. The van der Waals surface area contributed by atoms with E-state index in [0.29, 0.717) is 6.04 Å². The highest BCUT2D eigenvalue weighted by Gasteiger charge is 2.18. The van der Waals surface area contributed by atoms with E-state index in [-0.39, 0.29) is 5.91 Å². The van der Waals surface area contributed by atoms with E-state index >= 15 is 0 Å². The fraction of sp³-hybridized carbons (Fsp3) is 0.357. The quantitative estimate of drug-likeness (QED) is 0.849. The first-order valence-corrected chi connectivity index (χ1v) is 6.70. The third-order valence-electron chi connectivity index (χ3n) is 3.10. The smallest absolute Gasteiger partial charge is 0.244 e. The number of nitrogens with one attached hydrogen (secondary N) is 1. The molecule has 1 aromatic carbocycles. The van der Waals surface area contributed by atoms with Crippen LogP contribution >= 0.6 is 15.9 Å². The molecule has 1 N–H and O–H groups in total. The van der Waals surface area contributed by atoms with Gasteiger partial charge in [-0.15, -0.1) is 0 Å². The summed E-state index contributed by atoms with van der Waals surface area (Å²) in [5.41, 5.74) is 2.05. The minimum Gasteiger partial charge on any atom is -0.350 e. The zero-order chi connectivity index (χ0) is 12.3. The summed E-state index contributed by atoms with van der Waals surface area (Å²) >= 11 is 3.49. The third-order valence-corrected chi connectivity index (χ3v) is 3.79. The highest BCUT2D eigenvalue weighted by molar-refractivity contribution is 9.10. The van der Waals surface area contributed by atoms with E-state index in [1.165, 1.54) is 6.42 Å². The van der Waals surface area contributed by atoms with Gasteiger partial charge in [-0.1, -0.05) is 34.1 Å². The molecule has 1 fully saturated rings. The van der Waals surface area contributed by atoms with Gasteiger partial charge in [-0.3, -0.25) is 4.79 Å². The van der Waals surface area contributed by atoms with Gasteiger partial charge in [0.05, 0.1) is 0 Å². The SMILES string of the molecule is C/C(=C\C(=O)NC1CCC1)c1ccccc1Br. The second-order valence-corrected chi connectivity index (χ2v) is 5.30. The van der Waals surface area contributed by atoms with Gasteiger partial charge in [0.2, 0.25) is 5.91 Å². The topological polar surface area (TPSA) is 29.1 Å². The maximum absolute atomic E-state index is 11.7. The summed E-state index contributed by atoms with van der Waals surface area (Å²) in [5, 5.41) is 3.01. The molecule has 1 saturated carbocycles. The van der Waals surface area contributed by atoms with Crippen LogP contribution in [0.5, 0.6) is 0 Å². The molecule has 1 aliphatic carbocycles. The van der Waals surface area contributed by atoms with E-state index < -0.39 is 0 Å². The number of amides is 1. The minimum absolute atomic E-state index is 0.0166. The van der Waals surface area contributed by atoms with Gasteiger partial charge < -0.3 is 5.32 Å². The number of carbonyl (C=O) groups is 1. The molecule has 90 valence electrons. The lowest BCUT2D eigenvalue weighted by Gasteiger charge is -2.25. The monoisotopic (exact) mass is 293 g/mol. The number of carbonyl (C=O) groups excluding carboxylic acids is 1. The number of hydrogen-bond acceptors (Lipinski definition) is 1. The molecule has 1 amide bonds. The second kappa shape index (κ2) is 5.50. The second-order valence-electron chi connectivity index (χ2n) is 4.44. The molecule has 3 heteroatoms. The van der Waals surface area contributed by atoms with Crippen molar-refractivity contribution in [2.24, 2.45) is 0 Å². The normalized spacial score (nSPS) is 16.5. The Labute approximate surface area is 110 Å². The Morgan fingerprint density at radius 2 is 2.12 bits per heavy atom. The van der Waals surface area contributed by atoms with Crippen LogP contribution in [-0.4, -0.2) is 11.9 Å². The van der Waals surface area contributed by atoms with Crippen molar-refractivity contribution < 1.29 is 4.79 Å². The molecular weight excluding hydrogens is 278 g/mol. The summed E-state index contributed by atoms with van der Waals surface area (Å²) in [7, 11) is 0. The van der Waals surface area contributed by atoms with Crippen LogP contribution in [0.4, 0.5) is 0 Å². The van der Waals surface area contributed by atoms with E-state index in [1.54, 1.807) is 6.08 Å². The number of benzene rings is 1. The summed E-state index contributed by atoms with van der Waals surface area (Å²) in [4.78, 5) is 11.7. The van der Waals surface area contributed by atoms with E-state index in [4.69, 9.17) is 0 Å². The first-order valence-electron chi connectivity index (χ1n) is 5.90. The summed E-state index contributed by atoms with van der Waals surface area (Å²) in [6.07, 6.45) is 5.15. The first-order chi connectivity index (χ1) is 8.16. The van der Waals surface area contributed by atoms with E-state index in [0.717, 1.165) is 28.5 Å². The molecule has 0 unspecified atom stereocenters. The number of hydrogen-bond donors (Lipinski definition) is 1. The van der Waals surface area contributed by atoms with Gasteiger partial charge in [0.15, 0.2) is 0 Å². The molecule has 2 rings (SSSR count). The van der Waals surface area contributed by atoms with Crippen molar-refractivity contribution in [2.45, 2.75) is 32.2 Å². The predicted octanol–water partition coefficient (Wildman–Crippen LogP) is 3.52. The van der Waals surface area contributed by atoms with Crippen molar-refractivity contribution in [3.8, 4) is 0 Å². The number of halogens is 1. The molecule has 0 bridgehead atoms. The highest BCUT2D eigenvalue weighted by Crippen LogP contribution is 2.23. The van der Waals surface area contributed by atoms with Crippen molar-refractivity contribution in [3.63, 3.8) is 0 Å². The van der Waals surface area contributed by atoms with Gasteiger partial charge in [0.1, 0.15) is 0 Å². The van der Waals surface area contributed by atoms with Gasteiger partial charge in [0.25, 0.3) is 0 Å². The lowest BCUT2D eigenvalue weighted by molar-refractivity contribution is -0.117. The fourth-order valence-electron chi connectivity index (χ4n) is 1.85. The van der Waals surface area contributed by atoms with Crippen LogP contribution in [0.1, 0.15) is 31.7 Å². The lowest BCUT2D eigenvalue weighted by atomic mass is 9.93. The Morgan fingerprint density at radius 3 is 2.71 bits per heavy atom. The molecular formula is C14H16BrNO. The summed E-state index contributed by atoms with van der Waals surface area (Å²) in [5.74, 6) is 0.0166. The van der Waals surface area contributed by atoms with Gasteiger partial charge in [-0.05, 0) is 43.4 Å². The zero-order valence-electron chi connectivity index (χ0n) is 9.87. The Kier molecular flexibility index (Phi) is 4.00. The molecule has 0 spiro atoms. The predicted molar refractivity (Wildman–Crippen MR) is 73.6 cm³/mol. The molecule has 0 aliphatic heterocycles. The molecule has 0 heterocycles. The standard InChI is InChI=1S/C14H16BrNO/c1-10(12-7-2-3-8-13(12)15)9-14(17)16-11-5-4-6-11/h2-3,7-9,11H,4-6H2,1H3,(H,16,17)/b10-9+. The van der Waals surface area contributed by atoms with Crippen molar-refractivity contribution in [1.82, 2.24) is 5.32 Å². The van der Waals surface area contributed by atoms with Crippen LogP contribution in [0.2, 0.25) is 0 Å². The highest BCUT2D eigenvalue weighted by atomic mass is 79.9. The van der Waals surface area contributed by atoms with Crippen LogP contribution in [0.15, 0.2) is 34.8 Å². The van der Waals surface area contributed by atoms with Crippen LogP contribution < -0.4 is 5.32 Å². The van der Waals surface area contributed by atoms with Gasteiger partial charge in [-0.2, -0.15) is 0 Å². The number of rotatable bonds is 3. The Morgan fingerprint density at radius 1 is 1.41 bits per heavy atom. The molecule has 17 heavy (non-hydrogen) atoms. The van der Waals surface area contributed by atoms with Gasteiger partial charge in [-0.25, -0.2) is 0 Å². The largest absolute Gasteiger partial charge is 0.350 e. The van der Waals surface area contributed by atoms with E-state index in [9.17, 15) is 4.79 Å². The molecule has 1 aromatic rings. The molecule has 0 saturated heterocycles. The van der Waals surface area contributed by atoms with E-state index in [1.807, 2.05) is 31.2 Å². The lowest BCUT2D eigenvalue weighted by Crippen LogP contribution is -2.38. The van der Waals surface area contributed by atoms with Crippen molar-refractivity contribution in [2.75, 3.05) is 0 Å². The molecule has 1 aliphatic rings. The van der Waals surface area contributed by atoms with E-state index in [2.05, 4.69) is 21.2 Å². The average Bonchev–Trinajstić information content (AvgIpc) is 2.24. The van der Waals surface area contributed by atoms with Crippen LogP contribution in [0.3, 0.4) is 0 Å². The summed E-state index contributed by atoms with van der Waals surface area (Å²) in [6.45, 7) is 1.96. The van der Waals surface area contributed by atoms with Gasteiger partial charge >= 0.3 is 0 Å². The summed E-state index contributed by atoms with van der Waals surface area (Å²) < 4.78 is 1.02. The first kappa shape index (κ1) is 12.4. The molecule has 0 aromatic heterocycles. The Hall–Kier alpha value is -1.09. The number of allylic oxidation sites excluding steroid dienone is 1. The van der Waals surface area contributed by atoms with Crippen LogP contribution in [-0.2, 0) is 4.79 Å². The maximum atomic E-state index is 11.7. The van der Waals surface area contributed by atoms with Crippen molar-refractivity contribution >= 4 is 27.4 Å². The Balaban J connectivity index is 2.05. The van der Waals surface area contributed by atoms with Gasteiger partial charge in [0, 0.05) is 16.6 Å². The molecule has 0 atom stereocenters. The average molecular weight is 294 g/mol. The molecule has 0 radical (unpaired) electrons.